The van der Waals surface area contributed by atoms with Crippen LogP contribution in [0.25, 0.3) is 0 Å². The van der Waals surface area contributed by atoms with Crippen molar-refractivity contribution in [3.63, 3.8) is 0 Å². The normalized spacial score (nSPS) is 16.8. The molecule has 0 aliphatic rings. The molecule has 1 aromatic heterocycles. The molecular weight excluding hydrogens is 214 g/mol. The minimum Gasteiger partial charge on any atom is -0.386 e. The van der Waals surface area contributed by atoms with E-state index in [9.17, 15) is 5.11 Å². The Morgan fingerprint density at radius 2 is 1.76 bits per heavy atom. The summed E-state index contributed by atoms with van der Waals surface area (Å²) in [6.07, 6.45) is 5.18. The molecule has 0 aliphatic heterocycles. The van der Waals surface area contributed by atoms with Gasteiger partial charge >= 0.3 is 0 Å². The molecule has 4 heteroatoms. The number of likely N-dealkylation sites (N-methyl/N-ethyl adjacent to an activating group) is 1. The second kappa shape index (κ2) is 6.07. The lowest BCUT2D eigenvalue weighted by molar-refractivity contribution is -0.0217. The molecule has 17 heavy (non-hydrogen) atoms. The Balaban J connectivity index is 3.00. The smallest absolute Gasteiger partial charge is 0.115 e. The van der Waals surface area contributed by atoms with Crippen LogP contribution in [0.3, 0.4) is 0 Å². The maximum atomic E-state index is 10.6. The van der Waals surface area contributed by atoms with E-state index in [1.165, 1.54) is 6.33 Å². The number of aliphatic hydroxyl groups excluding tert-OH is 1. The van der Waals surface area contributed by atoms with E-state index in [-0.39, 0.29) is 5.54 Å². The monoisotopic (exact) mass is 237 g/mol. The number of aliphatic hydroxyl groups is 1. The number of hydrogen-bond acceptors (Lipinski definition) is 4. The average molecular weight is 237 g/mol. The third kappa shape index (κ3) is 2.82. The van der Waals surface area contributed by atoms with Crippen LogP contribution in [0.4, 0.5) is 0 Å². The Bertz CT molecular complexity index is 327. The predicted octanol–water partition coefficient (Wildman–Crippen LogP) is 2.02. The third-order valence-electron chi connectivity index (χ3n) is 3.69. The first kappa shape index (κ1) is 14.1. The van der Waals surface area contributed by atoms with Gasteiger partial charge in [0.1, 0.15) is 12.4 Å². The molecule has 2 unspecified atom stereocenters. The standard InChI is InChI=1S/C13H23N3O/c1-5-13(4,16(6-2)7-3)12(17)11-8-14-10-15-9-11/h8-10,12,17H,5-7H2,1-4H3. The van der Waals surface area contributed by atoms with Gasteiger partial charge in [-0.15, -0.1) is 0 Å². The summed E-state index contributed by atoms with van der Waals surface area (Å²) in [6.45, 7) is 10.3. The fourth-order valence-electron chi connectivity index (χ4n) is 2.35. The van der Waals surface area contributed by atoms with E-state index in [0.29, 0.717) is 0 Å². The molecule has 4 nitrogen and oxygen atoms in total. The Morgan fingerprint density at radius 1 is 1.24 bits per heavy atom. The van der Waals surface area contributed by atoms with Crippen molar-refractivity contribution >= 4 is 0 Å². The number of nitrogens with zero attached hydrogens (tertiary/aromatic N) is 3. The Labute approximate surface area is 104 Å². The lowest BCUT2D eigenvalue weighted by atomic mass is 9.86. The summed E-state index contributed by atoms with van der Waals surface area (Å²) in [5.41, 5.74) is 0.512. The van der Waals surface area contributed by atoms with E-state index in [2.05, 4.69) is 42.6 Å². The summed E-state index contributed by atoms with van der Waals surface area (Å²) in [7, 11) is 0. The van der Waals surface area contributed by atoms with Gasteiger partial charge in [0.2, 0.25) is 0 Å². The predicted molar refractivity (Wildman–Crippen MR) is 68.6 cm³/mol. The lowest BCUT2D eigenvalue weighted by Gasteiger charge is -2.43. The summed E-state index contributed by atoms with van der Waals surface area (Å²) in [4.78, 5) is 10.2. The summed E-state index contributed by atoms with van der Waals surface area (Å²) in [5.74, 6) is 0. The van der Waals surface area contributed by atoms with Gasteiger partial charge in [0.05, 0.1) is 0 Å². The highest BCUT2D eigenvalue weighted by Crippen LogP contribution is 2.33. The van der Waals surface area contributed by atoms with E-state index in [1.54, 1.807) is 12.4 Å². The zero-order valence-corrected chi connectivity index (χ0v) is 11.2. The molecule has 1 rings (SSSR count). The van der Waals surface area contributed by atoms with Crippen LogP contribution in [0, 0.1) is 0 Å². The van der Waals surface area contributed by atoms with Gasteiger partial charge in [0, 0.05) is 23.5 Å². The van der Waals surface area contributed by atoms with Crippen molar-refractivity contribution in [2.75, 3.05) is 13.1 Å². The fourth-order valence-corrected chi connectivity index (χ4v) is 2.35. The summed E-state index contributed by atoms with van der Waals surface area (Å²) in [6, 6.07) is 0. The first-order valence-corrected chi connectivity index (χ1v) is 6.28. The third-order valence-corrected chi connectivity index (χ3v) is 3.69. The number of rotatable bonds is 6. The van der Waals surface area contributed by atoms with Gasteiger partial charge in [-0.25, -0.2) is 9.97 Å². The van der Waals surface area contributed by atoms with Crippen molar-refractivity contribution in [1.29, 1.82) is 0 Å². The minimum atomic E-state index is -0.561. The first-order valence-electron chi connectivity index (χ1n) is 6.28. The van der Waals surface area contributed by atoms with Crippen LogP contribution < -0.4 is 0 Å². The van der Waals surface area contributed by atoms with Crippen LogP contribution in [-0.4, -0.2) is 38.6 Å². The summed E-state index contributed by atoms with van der Waals surface area (Å²) >= 11 is 0. The maximum Gasteiger partial charge on any atom is 0.115 e. The van der Waals surface area contributed by atoms with Gasteiger partial charge in [-0.05, 0) is 26.4 Å². The van der Waals surface area contributed by atoms with Crippen molar-refractivity contribution in [1.82, 2.24) is 14.9 Å². The van der Waals surface area contributed by atoms with Gasteiger partial charge in [0.15, 0.2) is 0 Å². The van der Waals surface area contributed by atoms with Gasteiger partial charge in [0.25, 0.3) is 0 Å². The van der Waals surface area contributed by atoms with Gasteiger partial charge < -0.3 is 5.11 Å². The Morgan fingerprint density at radius 3 is 2.18 bits per heavy atom. The van der Waals surface area contributed by atoms with Crippen LogP contribution in [-0.2, 0) is 0 Å². The second-order valence-corrected chi connectivity index (χ2v) is 4.46. The number of aromatic nitrogens is 2. The quantitative estimate of drug-likeness (QED) is 0.822. The molecule has 1 heterocycles. The van der Waals surface area contributed by atoms with Gasteiger partial charge in [-0.1, -0.05) is 20.8 Å². The van der Waals surface area contributed by atoms with E-state index >= 15 is 0 Å². The van der Waals surface area contributed by atoms with Crippen molar-refractivity contribution in [3.8, 4) is 0 Å². The Hall–Kier alpha value is -1.00. The highest BCUT2D eigenvalue weighted by atomic mass is 16.3. The largest absolute Gasteiger partial charge is 0.386 e. The molecular formula is C13H23N3O. The van der Waals surface area contributed by atoms with Crippen LogP contribution in [0.2, 0.25) is 0 Å². The fraction of sp³-hybridized carbons (Fsp3) is 0.692. The molecule has 96 valence electrons. The molecule has 0 saturated heterocycles. The average Bonchev–Trinajstić information content (AvgIpc) is 2.39. The van der Waals surface area contributed by atoms with E-state index in [4.69, 9.17) is 0 Å². The zero-order chi connectivity index (χ0) is 12.9. The van der Waals surface area contributed by atoms with Gasteiger partial charge in [-0.3, -0.25) is 4.90 Å². The van der Waals surface area contributed by atoms with Gasteiger partial charge in [-0.2, -0.15) is 0 Å². The Kier molecular flexibility index (Phi) is 5.02. The van der Waals surface area contributed by atoms with Crippen LogP contribution in [0.15, 0.2) is 18.7 Å². The van der Waals surface area contributed by atoms with Crippen LogP contribution in [0.1, 0.15) is 45.8 Å². The molecule has 0 radical (unpaired) electrons. The highest BCUT2D eigenvalue weighted by molar-refractivity contribution is 5.13. The van der Waals surface area contributed by atoms with E-state index < -0.39 is 6.10 Å². The van der Waals surface area contributed by atoms with Crippen LogP contribution in [0.5, 0.6) is 0 Å². The molecule has 0 aromatic carbocycles. The molecule has 2 atom stereocenters. The lowest BCUT2D eigenvalue weighted by Crippen LogP contribution is -2.50. The zero-order valence-electron chi connectivity index (χ0n) is 11.2. The molecule has 0 fully saturated rings. The van der Waals surface area contributed by atoms with E-state index in [0.717, 1.165) is 25.1 Å². The highest BCUT2D eigenvalue weighted by Gasteiger charge is 2.37. The van der Waals surface area contributed by atoms with Crippen molar-refractivity contribution in [2.24, 2.45) is 0 Å². The molecule has 0 amide bonds. The molecule has 0 bridgehead atoms. The molecule has 0 aliphatic carbocycles. The first-order chi connectivity index (χ1) is 8.10. The van der Waals surface area contributed by atoms with E-state index in [1.807, 2.05) is 0 Å². The maximum absolute atomic E-state index is 10.6. The summed E-state index contributed by atoms with van der Waals surface area (Å²) in [5, 5.41) is 10.6. The minimum absolute atomic E-state index is 0.270. The topological polar surface area (TPSA) is 49.2 Å². The molecule has 1 aromatic rings. The molecule has 0 saturated carbocycles. The second-order valence-electron chi connectivity index (χ2n) is 4.46. The summed E-state index contributed by atoms with van der Waals surface area (Å²) < 4.78 is 0. The molecule has 1 N–H and O–H groups in total. The van der Waals surface area contributed by atoms with Crippen molar-refractivity contribution in [3.05, 3.63) is 24.3 Å². The molecule has 0 spiro atoms. The van der Waals surface area contributed by atoms with Crippen LogP contribution >= 0.6 is 0 Å². The SMILES string of the molecule is CCN(CC)C(C)(CC)C(O)c1cncnc1. The van der Waals surface area contributed by atoms with Crippen molar-refractivity contribution < 1.29 is 5.11 Å². The number of hydrogen-bond donors (Lipinski definition) is 1. The van der Waals surface area contributed by atoms with Crippen molar-refractivity contribution in [2.45, 2.75) is 45.8 Å².